The Balaban J connectivity index is 2.14. The van der Waals surface area contributed by atoms with Crippen LogP contribution in [-0.2, 0) is 0 Å². The molecular weight excluding hydrogens is 288 g/mol. The Labute approximate surface area is 119 Å². The Bertz CT molecular complexity index is 403. The van der Waals surface area contributed by atoms with Gasteiger partial charge in [-0.15, -0.1) is 0 Å². The first-order valence-electron chi connectivity index (χ1n) is 6.72. The van der Waals surface area contributed by atoms with Crippen LogP contribution in [0.3, 0.4) is 0 Å². The lowest BCUT2D eigenvalue weighted by Crippen LogP contribution is -2.46. The summed E-state index contributed by atoms with van der Waals surface area (Å²) in [5.74, 6) is 0. The molecule has 1 aromatic carbocycles. The van der Waals surface area contributed by atoms with E-state index in [-0.39, 0.29) is 5.54 Å². The number of hydrogen-bond donors (Lipinski definition) is 1. The van der Waals surface area contributed by atoms with Gasteiger partial charge in [-0.3, -0.25) is 4.90 Å². The quantitative estimate of drug-likeness (QED) is 0.898. The van der Waals surface area contributed by atoms with Crippen molar-refractivity contribution >= 4 is 15.9 Å². The minimum atomic E-state index is 0.205. The molecule has 2 rings (SSSR count). The first-order valence-corrected chi connectivity index (χ1v) is 7.52. The van der Waals surface area contributed by atoms with Crippen LogP contribution in [0.4, 0.5) is 0 Å². The van der Waals surface area contributed by atoms with Crippen LogP contribution in [0.25, 0.3) is 0 Å². The van der Waals surface area contributed by atoms with E-state index in [1.54, 1.807) is 0 Å². The van der Waals surface area contributed by atoms with Gasteiger partial charge in [0, 0.05) is 29.1 Å². The van der Waals surface area contributed by atoms with Gasteiger partial charge < -0.3 is 5.32 Å². The first kappa shape index (κ1) is 14.0. The van der Waals surface area contributed by atoms with Gasteiger partial charge >= 0.3 is 0 Å². The van der Waals surface area contributed by atoms with Gasteiger partial charge in [0.05, 0.1) is 0 Å². The summed E-state index contributed by atoms with van der Waals surface area (Å²) >= 11 is 3.56. The normalized spacial score (nSPS) is 22.4. The van der Waals surface area contributed by atoms with Gasteiger partial charge in [-0.05, 0) is 51.4 Å². The summed E-state index contributed by atoms with van der Waals surface area (Å²) < 4.78 is 1.17. The van der Waals surface area contributed by atoms with Crippen LogP contribution >= 0.6 is 15.9 Å². The van der Waals surface area contributed by atoms with E-state index in [0.717, 1.165) is 13.1 Å². The molecular formula is C15H23BrN2. The number of nitrogens with one attached hydrogen (secondary N) is 1. The highest BCUT2D eigenvalue weighted by molar-refractivity contribution is 9.10. The van der Waals surface area contributed by atoms with Gasteiger partial charge in [0.25, 0.3) is 0 Å². The fraction of sp³-hybridized carbons (Fsp3) is 0.600. The summed E-state index contributed by atoms with van der Waals surface area (Å²) in [5.41, 5.74) is 1.60. The molecule has 100 valence electrons. The first-order chi connectivity index (χ1) is 8.48. The highest BCUT2D eigenvalue weighted by Gasteiger charge is 2.27. The molecule has 1 fully saturated rings. The third-order valence-corrected chi connectivity index (χ3v) is 4.20. The van der Waals surface area contributed by atoms with Crippen molar-refractivity contribution < 1.29 is 0 Å². The van der Waals surface area contributed by atoms with Crippen molar-refractivity contribution in [2.24, 2.45) is 0 Å². The number of benzene rings is 1. The number of nitrogens with zero attached hydrogens (tertiary/aromatic N) is 1. The van der Waals surface area contributed by atoms with Crippen LogP contribution < -0.4 is 5.32 Å². The van der Waals surface area contributed by atoms with Gasteiger partial charge in [-0.25, -0.2) is 0 Å². The van der Waals surface area contributed by atoms with Crippen molar-refractivity contribution in [2.45, 2.75) is 38.8 Å². The summed E-state index contributed by atoms with van der Waals surface area (Å²) in [6.07, 6.45) is 1.22. The Morgan fingerprint density at radius 2 is 2.17 bits per heavy atom. The highest BCUT2D eigenvalue weighted by Crippen LogP contribution is 2.25. The second-order valence-electron chi connectivity index (χ2n) is 5.87. The zero-order chi connectivity index (χ0) is 13.2. The molecule has 0 aromatic heterocycles. The van der Waals surface area contributed by atoms with E-state index in [1.165, 1.54) is 23.0 Å². The number of hydrogen-bond acceptors (Lipinski definition) is 2. The second kappa shape index (κ2) is 5.72. The van der Waals surface area contributed by atoms with E-state index in [4.69, 9.17) is 0 Å². The lowest BCUT2D eigenvalue weighted by Gasteiger charge is -2.34. The second-order valence-corrected chi connectivity index (χ2v) is 6.78. The standard InChI is InChI=1S/C15H23BrN2/c1-12(13-6-4-7-14(16)10-13)18-9-5-8-17-15(2,3)11-18/h4,6-7,10,12,17H,5,8-9,11H2,1-3H3. The molecule has 1 unspecified atom stereocenters. The minimum Gasteiger partial charge on any atom is -0.310 e. The van der Waals surface area contributed by atoms with Gasteiger partial charge in [0.2, 0.25) is 0 Å². The molecule has 1 heterocycles. The highest BCUT2D eigenvalue weighted by atomic mass is 79.9. The third kappa shape index (κ3) is 3.56. The van der Waals surface area contributed by atoms with Crippen LogP contribution in [0.1, 0.15) is 38.8 Å². The molecule has 1 aliphatic rings. The molecule has 1 aromatic rings. The van der Waals surface area contributed by atoms with Gasteiger partial charge in [0.1, 0.15) is 0 Å². The lowest BCUT2D eigenvalue weighted by molar-refractivity contribution is 0.180. The Morgan fingerprint density at radius 3 is 2.89 bits per heavy atom. The van der Waals surface area contributed by atoms with Crippen LogP contribution in [0.5, 0.6) is 0 Å². The number of halogens is 1. The van der Waals surface area contributed by atoms with Gasteiger partial charge in [-0.1, -0.05) is 28.1 Å². The molecule has 0 spiro atoms. The maximum atomic E-state index is 3.62. The van der Waals surface area contributed by atoms with Crippen LogP contribution in [0, 0.1) is 0 Å². The largest absolute Gasteiger partial charge is 0.310 e. The topological polar surface area (TPSA) is 15.3 Å². The van der Waals surface area contributed by atoms with E-state index >= 15 is 0 Å². The summed E-state index contributed by atoms with van der Waals surface area (Å²) in [6.45, 7) is 10.3. The van der Waals surface area contributed by atoms with Crippen molar-refractivity contribution in [3.05, 3.63) is 34.3 Å². The summed E-state index contributed by atoms with van der Waals surface area (Å²) in [6, 6.07) is 9.14. The molecule has 1 N–H and O–H groups in total. The molecule has 0 radical (unpaired) electrons. The molecule has 2 nitrogen and oxygen atoms in total. The van der Waals surface area contributed by atoms with Crippen LogP contribution in [0.15, 0.2) is 28.7 Å². The summed E-state index contributed by atoms with van der Waals surface area (Å²) in [7, 11) is 0. The lowest BCUT2D eigenvalue weighted by atomic mass is 10.0. The molecule has 3 heteroatoms. The van der Waals surface area contributed by atoms with E-state index in [2.05, 4.69) is 71.2 Å². The smallest absolute Gasteiger partial charge is 0.0321 e. The zero-order valence-corrected chi connectivity index (χ0v) is 13.1. The van der Waals surface area contributed by atoms with Crippen molar-refractivity contribution in [1.82, 2.24) is 10.2 Å². The van der Waals surface area contributed by atoms with E-state index < -0.39 is 0 Å². The van der Waals surface area contributed by atoms with Gasteiger partial charge in [-0.2, -0.15) is 0 Å². The van der Waals surface area contributed by atoms with E-state index in [9.17, 15) is 0 Å². The zero-order valence-electron chi connectivity index (χ0n) is 11.5. The Kier molecular flexibility index (Phi) is 4.46. The predicted octanol–water partition coefficient (Wildman–Crippen LogP) is 3.58. The summed E-state index contributed by atoms with van der Waals surface area (Å²) in [5, 5.41) is 3.62. The molecule has 1 saturated heterocycles. The van der Waals surface area contributed by atoms with Crippen molar-refractivity contribution in [3.63, 3.8) is 0 Å². The monoisotopic (exact) mass is 310 g/mol. The molecule has 0 bridgehead atoms. The van der Waals surface area contributed by atoms with Crippen molar-refractivity contribution in [2.75, 3.05) is 19.6 Å². The fourth-order valence-electron chi connectivity index (χ4n) is 2.66. The predicted molar refractivity (Wildman–Crippen MR) is 80.8 cm³/mol. The molecule has 18 heavy (non-hydrogen) atoms. The van der Waals surface area contributed by atoms with Crippen LogP contribution in [-0.4, -0.2) is 30.1 Å². The Morgan fingerprint density at radius 1 is 1.39 bits per heavy atom. The maximum Gasteiger partial charge on any atom is 0.0321 e. The van der Waals surface area contributed by atoms with Crippen LogP contribution in [0.2, 0.25) is 0 Å². The average Bonchev–Trinajstić information content (AvgIpc) is 2.49. The number of rotatable bonds is 2. The Hall–Kier alpha value is -0.380. The fourth-order valence-corrected chi connectivity index (χ4v) is 3.08. The molecule has 0 aliphatic carbocycles. The molecule has 0 amide bonds. The molecule has 1 aliphatic heterocycles. The SMILES string of the molecule is CC(c1cccc(Br)c1)N1CCCNC(C)(C)C1. The van der Waals surface area contributed by atoms with E-state index in [0.29, 0.717) is 6.04 Å². The molecule has 0 saturated carbocycles. The van der Waals surface area contributed by atoms with E-state index in [1.807, 2.05) is 0 Å². The van der Waals surface area contributed by atoms with Gasteiger partial charge in [0.15, 0.2) is 0 Å². The van der Waals surface area contributed by atoms with Crippen molar-refractivity contribution in [1.29, 1.82) is 0 Å². The third-order valence-electron chi connectivity index (χ3n) is 3.70. The summed E-state index contributed by atoms with van der Waals surface area (Å²) in [4.78, 5) is 2.59. The molecule has 1 atom stereocenters. The van der Waals surface area contributed by atoms with Crippen molar-refractivity contribution in [3.8, 4) is 0 Å². The minimum absolute atomic E-state index is 0.205. The maximum absolute atomic E-state index is 3.62. The average molecular weight is 311 g/mol.